The molecule has 0 N–H and O–H groups in total. The Labute approximate surface area is 159 Å². The van der Waals surface area contributed by atoms with Crippen molar-refractivity contribution in [3.63, 3.8) is 0 Å². The second-order valence-electron chi connectivity index (χ2n) is 7.42. The minimum Gasteiger partial charge on any atom is -0.393 e. The summed E-state index contributed by atoms with van der Waals surface area (Å²) in [6.07, 6.45) is -2.87. The number of rotatable bonds is 1. The maximum Gasteiger partial charge on any atom is 0.737 e. The molecule has 0 saturated carbocycles. The lowest BCUT2D eigenvalue weighted by molar-refractivity contribution is -0.363. The summed E-state index contributed by atoms with van der Waals surface area (Å²) in [7, 11) is 0. The van der Waals surface area contributed by atoms with Gasteiger partial charge in [0.05, 0.1) is 11.1 Å². The van der Waals surface area contributed by atoms with Crippen LogP contribution in [0.4, 0.5) is 21.8 Å². The molecule has 1 aromatic carbocycles. The van der Waals surface area contributed by atoms with Crippen molar-refractivity contribution in [2.24, 2.45) is 0 Å². The molecule has 0 aliphatic carbocycles. The molecule has 2 aromatic rings. The van der Waals surface area contributed by atoms with Gasteiger partial charge in [0, 0.05) is 24.3 Å². The summed E-state index contributed by atoms with van der Waals surface area (Å²) in [6.45, 7) is 2.45. The lowest BCUT2D eigenvalue weighted by Crippen LogP contribution is -2.51. The monoisotopic (exact) mass is 392 g/mol. The first-order valence-electron chi connectivity index (χ1n) is 8.89. The van der Waals surface area contributed by atoms with Crippen LogP contribution in [0.5, 0.6) is 0 Å². The second kappa shape index (κ2) is 5.69. The van der Waals surface area contributed by atoms with Crippen molar-refractivity contribution in [3.8, 4) is 0 Å². The number of allylic oxidation sites excluding steroid dienone is 2. The van der Waals surface area contributed by atoms with Gasteiger partial charge in [0.2, 0.25) is 0 Å². The highest BCUT2D eigenvalue weighted by atomic mass is 19.4. The van der Waals surface area contributed by atoms with Gasteiger partial charge < -0.3 is 17.6 Å². The van der Waals surface area contributed by atoms with Crippen molar-refractivity contribution in [2.45, 2.75) is 33.9 Å². The Kier molecular flexibility index (Phi) is 3.80. The van der Waals surface area contributed by atoms with Gasteiger partial charge in [-0.05, 0) is 55.8 Å². The van der Waals surface area contributed by atoms with Crippen molar-refractivity contribution in [2.75, 3.05) is 0 Å². The van der Waals surface area contributed by atoms with Gasteiger partial charge in [-0.3, -0.25) is 0 Å². The van der Waals surface area contributed by atoms with Crippen LogP contribution >= 0.6 is 0 Å². The molecule has 3 heterocycles. The predicted octanol–water partition coefficient (Wildman–Crippen LogP) is 5.55. The third kappa shape index (κ3) is 2.43. The summed E-state index contributed by atoms with van der Waals surface area (Å²) in [6, 6.07) is 6.52. The van der Waals surface area contributed by atoms with Crippen molar-refractivity contribution in [1.82, 2.24) is 4.48 Å². The molecule has 0 radical (unpaired) electrons. The first kappa shape index (κ1) is 18.7. The van der Waals surface area contributed by atoms with E-state index in [-0.39, 0.29) is 17.0 Å². The molecule has 28 heavy (non-hydrogen) atoms. The van der Waals surface area contributed by atoms with Crippen LogP contribution in [0.25, 0.3) is 5.57 Å². The van der Waals surface area contributed by atoms with Gasteiger partial charge in [-0.2, -0.15) is 13.2 Å². The number of benzene rings is 1. The highest BCUT2D eigenvalue weighted by Gasteiger charge is 2.55. The molecule has 0 atom stereocenters. The molecule has 0 bridgehead atoms. The van der Waals surface area contributed by atoms with E-state index >= 15 is 8.63 Å². The highest BCUT2D eigenvalue weighted by molar-refractivity contribution is 6.58. The number of aryl methyl sites for hydroxylation is 2. The largest absolute Gasteiger partial charge is 0.737 e. The molecule has 2 aliphatic heterocycles. The maximum atomic E-state index is 15.5. The van der Waals surface area contributed by atoms with Gasteiger partial charge >= 0.3 is 13.1 Å². The summed E-state index contributed by atoms with van der Waals surface area (Å²) < 4.78 is 72.8. The van der Waals surface area contributed by atoms with Crippen LogP contribution in [-0.2, 0) is 6.18 Å². The lowest BCUT2D eigenvalue weighted by Gasteiger charge is -2.34. The van der Waals surface area contributed by atoms with Gasteiger partial charge in [0.25, 0.3) is 0 Å². The van der Waals surface area contributed by atoms with Gasteiger partial charge in [-0.15, -0.1) is 0 Å². The quantitative estimate of drug-likeness (QED) is 0.444. The van der Waals surface area contributed by atoms with E-state index in [1.807, 2.05) is 0 Å². The van der Waals surface area contributed by atoms with Crippen LogP contribution in [0.15, 0.2) is 47.7 Å². The minimum absolute atomic E-state index is 0.269. The molecular weight excluding hydrogens is 374 g/mol. The molecule has 8 heteroatoms. The number of nitrogens with zero attached hydrogens (tertiary/aromatic N) is 2. The van der Waals surface area contributed by atoms with Crippen LogP contribution < -0.4 is 0 Å². The van der Waals surface area contributed by atoms with E-state index in [2.05, 4.69) is 0 Å². The summed E-state index contributed by atoms with van der Waals surface area (Å²) >= 11 is 0. The Hall–Kier alpha value is -2.64. The molecule has 1 aromatic heterocycles. The van der Waals surface area contributed by atoms with E-state index in [9.17, 15) is 13.2 Å². The number of alkyl halides is 3. The van der Waals surface area contributed by atoms with Crippen LogP contribution in [-0.4, -0.2) is 21.6 Å². The Morgan fingerprint density at radius 1 is 1.00 bits per heavy atom. The molecule has 0 fully saturated rings. The molecule has 0 amide bonds. The van der Waals surface area contributed by atoms with Gasteiger partial charge in [0.15, 0.2) is 5.70 Å². The average Bonchev–Trinajstić information content (AvgIpc) is 3.04. The van der Waals surface area contributed by atoms with Crippen molar-refractivity contribution in [1.29, 1.82) is 0 Å². The van der Waals surface area contributed by atoms with E-state index in [0.717, 1.165) is 21.1 Å². The molecule has 0 saturated heterocycles. The van der Waals surface area contributed by atoms with E-state index in [4.69, 9.17) is 0 Å². The number of hydrogen-bond donors (Lipinski definition) is 0. The van der Waals surface area contributed by atoms with Crippen molar-refractivity contribution < 1.29 is 26.3 Å². The van der Waals surface area contributed by atoms with Gasteiger partial charge in [0.1, 0.15) is 5.71 Å². The Morgan fingerprint density at radius 2 is 1.68 bits per heavy atom. The van der Waals surface area contributed by atoms with Crippen LogP contribution in [0.3, 0.4) is 0 Å². The zero-order chi connectivity index (χ0) is 20.6. The van der Waals surface area contributed by atoms with Crippen molar-refractivity contribution in [3.05, 3.63) is 75.8 Å². The average molecular weight is 392 g/mol. The third-order valence-electron chi connectivity index (χ3n) is 5.41. The number of fused-ring (bicyclic) bond motifs is 2. The second-order valence-corrected chi connectivity index (χ2v) is 7.42. The number of hydrogen-bond acceptors (Lipinski definition) is 0. The van der Waals surface area contributed by atoms with Crippen LogP contribution in [0.2, 0.25) is 0 Å². The first-order chi connectivity index (χ1) is 12.9. The molecule has 0 unspecified atom stereocenters. The SMILES string of the molecule is CC1=CC(C)=[N+]2C1=C(c1cccc(C(F)(F)F)c1)c1c(C)cc(C)n1[B-]2(F)F. The molecule has 4 rings (SSSR count). The fourth-order valence-electron chi connectivity index (χ4n) is 4.42. The lowest BCUT2D eigenvalue weighted by atomic mass is 9.83. The van der Waals surface area contributed by atoms with E-state index in [1.165, 1.54) is 6.07 Å². The Morgan fingerprint density at radius 3 is 2.32 bits per heavy atom. The van der Waals surface area contributed by atoms with E-state index in [1.54, 1.807) is 45.9 Å². The summed E-state index contributed by atoms with van der Waals surface area (Å²) in [4.78, 5) is 0. The van der Waals surface area contributed by atoms with E-state index < -0.39 is 18.7 Å². The molecular formula is C20H18BF5N2. The maximum absolute atomic E-state index is 15.5. The zero-order valence-corrected chi connectivity index (χ0v) is 15.8. The summed E-state index contributed by atoms with van der Waals surface area (Å²) in [5.41, 5.74) is 2.37. The van der Waals surface area contributed by atoms with Crippen molar-refractivity contribution >= 4 is 18.3 Å². The van der Waals surface area contributed by atoms with E-state index in [0.29, 0.717) is 28.1 Å². The molecule has 0 spiro atoms. The summed E-state index contributed by atoms with van der Waals surface area (Å²) in [5.74, 6) is 0. The fourth-order valence-corrected chi connectivity index (χ4v) is 4.42. The molecule has 2 aliphatic rings. The van der Waals surface area contributed by atoms with Crippen LogP contribution in [0, 0.1) is 13.8 Å². The molecule has 2 nitrogen and oxygen atoms in total. The fraction of sp³-hybridized carbons (Fsp3) is 0.250. The number of halogens is 5. The predicted molar refractivity (Wildman–Crippen MR) is 99.4 cm³/mol. The Balaban J connectivity index is 2.13. The Bertz CT molecular complexity index is 1120. The zero-order valence-electron chi connectivity index (χ0n) is 15.8. The van der Waals surface area contributed by atoms with Crippen LogP contribution in [0.1, 0.15) is 41.9 Å². The highest BCUT2D eigenvalue weighted by Crippen LogP contribution is 2.44. The minimum atomic E-state index is -4.51. The van der Waals surface area contributed by atoms with Gasteiger partial charge in [-0.25, -0.2) is 0 Å². The number of aromatic nitrogens is 1. The first-order valence-corrected chi connectivity index (χ1v) is 8.89. The van der Waals surface area contributed by atoms with Gasteiger partial charge in [-0.1, -0.05) is 12.1 Å². The smallest absolute Gasteiger partial charge is 0.393 e. The topological polar surface area (TPSA) is 7.94 Å². The molecule has 146 valence electrons. The summed E-state index contributed by atoms with van der Waals surface area (Å²) in [5, 5.41) is 0. The normalized spacial score (nSPS) is 18.4. The third-order valence-corrected chi connectivity index (χ3v) is 5.41. The standard InChI is InChI=1S/C20H18BF5N2/c1-11-8-13(3)27-18(11)17(15-6-5-7-16(10-15)20(22,23)24)19-12(2)9-14(4)28(19)21(27,25)26/h5-10H,1-4H3.